The molecule has 0 aromatic heterocycles. The number of nitrogens with zero attached hydrogens (tertiary/aromatic N) is 1. The number of fused-ring (bicyclic) bond motifs is 1. The molecule has 1 heterocycles. The molecule has 0 spiro atoms. The van der Waals surface area contributed by atoms with Crippen molar-refractivity contribution in [1.29, 1.82) is 0 Å². The van der Waals surface area contributed by atoms with Crippen LogP contribution in [0.3, 0.4) is 0 Å². The van der Waals surface area contributed by atoms with Crippen molar-refractivity contribution >= 4 is 11.6 Å². The van der Waals surface area contributed by atoms with Crippen LogP contribution in [-0.4, -0.2) is 12.5 Å². The lowest BCUT2D eigenvalue weighted by atomic mass is 10.1. The molecule has 0 aliphatic carbocycles. The summed E-state index contributed by atoms with van der Waals surface area (Å²) < 4.78 is 0. The second kappa shape index (κ2) is 5.85. The predicted octanol–water partition coefficient (Wildman–Crippen LogP) is 3.57. The molecule has 0 unspecified atom stereocenters. The average Bonchev–Trinajstić information content (AvgIpc) is 2.78. The van der Waals surface area contributed by atoms with E-state index >= 15 is 0 Å². The first-order chi connectivity index (χ1) is 8.68. The van der Waals surface area contributed by atoms with Crippen molar-refractivity contribution in [2.45, 2.75) is 33.1 Å². The van der Waals surface area contributed by atoms with Crippen LogP contribution in [0.1, 0.15) is 32.3 Å². The monoisotopic (exact) mass is 243 g/mol. The van der Waals surface area contributed by atoms with E-state index in [1.54, 1.807) is 6.08 Å². The Balaban J connectivity index is 1.95. The number of hydrogen-bond acceptors (Lipinski definition) is 1. The average molecular weight is 243 g/mol. The maximum absolute atomic E-state index is 12.1. The maximum atomic E-state index is 12.1. The van der Waals surface area contributed by atoms with Gasteiger partial charge in [0, 0.05) is 12.2 Å². The lowest BCUT2D eigenvalue weighted by Crippen LogP contribution is -2.26. The van der Waals surface area contributed by atoms with Gasteiger partial charge in [0.25, 0.3) is 5.91 Å². The van der Waals surface area contributed by atoms with Crippen molar-refractivity contribution in [3.63, 3.8) is 0 Å². The topological polar surface area (TPSA) is 20.3 Å². The SMILES string of the molecule is CC(C)CC/C=C/C(=O)N1CCc2ccccc21. The van der Waals surface area contributed by atoms with Crippen molar-refractivity contribution in [3.8, 4) is 0 Å². The van der Waals surface area contributed by atoms with Crippen molar-refractivity contribution in [2.75, 3.05) is 11.4 Å². The largest absolute Gasteiger partial charge is 0.308 e. The van der Waals surface area contributed by atoms with E-state index in [1.165, 1.54) is 5.56 Å². The first-order valence-electron chi connectivity index (χ1n) is 6.74. The highest BCUT2D eigenvalue weighted by atomic mass is 16.2. The minimum absolute atomic E-state index is 0.115. The summed E-state index contributed by atoms with van der Waals surface area (Å²) >= 11 is 0. The zero-order valence-corrected chi connectivity index (χ0v) is 11.2. The molecular weight excluding hydrogens is 222 g/mol. The fourth-order valence-electron chi connectivity index (χ4n) is 2.27. The van der Waals surface area contributed by atoms with Crippen molar-refractivity contribution in [2.24, 2.45) is 5.92 Å². The number of rotatable bonds is 4. The highest BCUT2D eigenvalue weighted by molar-refractivity contribution is 6.02. The number of anilines is 1. The Morgan fingerprint density at radius 1 is 1.39 bits per heavy atom. The quantitative estimate of drug-likeness (QED) is 0.740. The number of carbonyl (C=O) groups is 1. The standard InChI is InChI=1S/C16H21NO/c1-13(2)7-3-6-10-16(18)17-12-11-14-8-4-5-9-15(14)17/h4-6,8-10,13H,3,7,11-12H2,1-2H3/b10-6+. The summed E-state index contributed by atoms with van der Waals surface area (Å²) in [7, 11) is 0. The molecule has 1 amide bonds. The highest BCUT2D eigenvalue weighted by Crippen LogP contribution is 2.27. The molecule has 1 aromatic carbocycles. The zero-order chi connectivity index (χ0) is 13.0. The van der Waals surface area contributed by atoms with Crippen molar-refractivity contribution in [3.05, 3.63) is 42.0 Å². The Hall–Kier alpha value is -1.57. The summed E-state index contributed by atoms with van der Waals surface area (Å²) in [5.41, 5.74) is 2.36. The van der Waals surface area contributed by atoms with Gasteiger partial charge in [-0.25, -0.2) is 0 Å². The van der Waals surface area contributed by atoms with E-state index in [0.717, 1.165) is 31.5 Å². The summed E-state index contributed by atoms with van der Waals surface area (Å²) in [6.07, 6.45) is 6.83. The lowest BCUT2D eigenvalue weighted by molar-refractivity contribution is -0.114. The zero-order valence-electron chi connectivity index (χ0n) is 11.2. The maximum Gasteiger partial charge on any atom is 0.250 e. The molecule has 1 aliphatic rings. The molecule has 0 atom stereocenters. The Labute approximate surface area is 109 Å². The van der Waals surface area contributed by atoms with Gasteiger partial charge in [-0.3, -0.25) is 4.79 Å². The van der Waals surface area contributed by atoms with E-state index in [1.807, 2.05) is 29.2 Å². The van der Waals surface area contributed by atoms with E-state index in [0.29, 0.717) is 5.92 Å². The molecule has 2 rings (SSSR count). The van der Waals surface area contributed by atoms with Crippen LogP contribution in [0.15, 0.2) is 36.4 Å². The molecule has 18 heavy (non-hydrogen) atoms. The third-order valence-corrected chi connectivity index (χ3v) is 3.32. The highest BCUT2D eigenvalue weighted by Gasteiger charge is 2.21. The molecular formula is C16H21NO. The fraction of sp³-hybridized carbons (Fsp3) is 0.438. The third kappa shape index (κ3) is 3.00. The lowest BCUT2D eigenvalue weighted by Gasteiger charge is -2.14. The Morgan fingerprint density at radius 2 is 2.17 bits per heavy atom. The summed E-state index contributed by atoms with van der Waals surface area (Å²) in [6.45, 7) is 5.21. The number of para-hydroxylation sites is 1. The second-order valence-electron chi connectivity index (χ2n) is 5.24. The number of carbonyl (C=O) groups excluding carboxylic acids is 1. The fourth-order valence-corrected chi connectivity index (χ4v) is 2.27. The van der Waals surface area contributed by atoms with Gasteiger partial charge < -0.3 is 4.90 Å². The van der Waals surface area contributed by atoms with Crippen LogP contribution < -0.4 is 4.90 Å². The molecule has 0 saturated carbocycles. The molecule has 0 radical (unpaired) electrons. The molecule has 0 N–H and O–H groups in total. The molecule has 0 saturated heterocycles. The predicted molar refractivity (Wildman–Crippen MR) is 75.7 cm³/mol. The minimum atomic E-state index is 0.115. The van der Waals surface area contributed by atoms with Crippen molar-refractivity contribution in [1.82, 2.24) is 0 Å². The number of amides is 1. The van der Waals surface area contributed by atoms with Gasteiger partial charge in [0.1, 0.15) is 0 Å². The first kappa shape index (κ1) is 12.9. The second-order valence-corrected chi connectivity index (χ2v) is 5.24. The Morgan fingerprint density at radius 3 is 2.94 bits per heavy atom. The van der Waals surface area contributed by atoms with Gasteiger partial charge in [-0.1, -0.05) is 38.1 Å². The molecule has 1 aliphatic heterocycles. The molecule has 0 bridgehead atoms. The van der Waals surface area contributed by atoms with Gasteiger partial charge in [0.2, 0.25) is 0 Å². The number of allylic oxidation sites excluding steroid dienone is 1. The van der Waals surface area contributed by atoms with Crippen LogP contribution in [-0.2, 0) is 11.2 Å². The van der Waals surface area contributed by atoms with Crippen molar-refractivity contribution < 1.29 is 4.79 Å². The van der Waals surface area contributed by atoms with E-state index in [2.05, 4.69) is 19.9 Å². The van der Waals surface area contributed by atoms with Crippen LogP contribution in [0.5, 0.6) is 0 Å². The third-order valence-electron chi connectivity index (χ3n) is 3.32. The smallest absolute Gasteiger partial charge is 0.250 e. The minimum Gasteiger partial charge on any atom is -0.308 e. The molecule has 0 fully saturated rings. The summed E-state index contributed by atoms with van der Waals surface area (Å²) in [5.74, 6) is 0.806. The molecule has 2 heteroatoms. The van der Waals surface area contributed by atoms with Crippen LogP contribution in [0.25, 0.3) is 0 Å². The van der Waals surface area contributed by atoms with Gasteiger partial charge in [-0.2, -0.15) is 0 Å². The first-order valence-corrected chi connectivity index (χ1v) is 6.74. The van der Waals surface area contributed by atoms with Gasteiger partial charge in [0.15, 0.2) is 0 Å². The Kier molecular flexibility index (Phi) is 4.19. The van der Waals surface area contributed by atoms with Gasteiger partial charge in [-0.05, 0) is 42.9 Å². The molecule has 96 valence electrons. The van der Waals surface area contributed by atoms with E-state index in [-0.39, 0.29) is 5.91 Å². The van der Waals surface area contributed by atoms with Gasteiger partial charge >= 0.3 is 0 Å². The number of benzene rings is 1. The normalized spacial score (nSPS) is 14.5. The van der Waals surface area contributed by atoms with Gasteiger partial charge in [0.05, 0.1) is 0 Å². The van der Waals surface area contributed by atoms with Crippen LogP contribution in [0.2, 0.25) is 0 Å². The van der Waals surface area contributed by atoms with Crippen LogP contribution >= 0.6 is 0 Å². The van der Waals surface area contributed by atoms with Gasteiger partial charge in [-0.15, -0.1) is 0 Å². The van der Waals surface area contributed by atoms with E-state index in [4.69, 9.17) is 0 Å². The van der Waals surface area contributed by atoms with E-state index < -0.39 is 0 Å². The summed E-state index contributed by atoms with van der Waals surface area (Å²) in [5, 5.41) is 0. The molecule has 2 nitrogen and oxygen atoms in total. The van der Waals surface area contributed by atoms with E-state index in [9.17, 15) is 4.79 Å². The summed E-state index contributed by atoms with van der Waals surface area (Å²) in [6, 6.07) is 8.16. The number of hydrogen-bond donors (Lipinski definition) is 0. The molecule has 1 aromatic rings. The summed E-state index contributed by atoms with van der Waals surface area (Å²) in [4.78, 5) is 14.0. The Bertz CT molecular complexity index is 448. The van der Waals surface area contributed by atoms with Crippen LogP contribution in [0, 0.1) is 5.92 Å². The van der Waals surface area contributed by atoms with Crippen LogP contribution in [0.4, 0.5) is 5.69 Å².